The Labute approximate surface area is 217 Å². The first-order chi connectivity index (χ1) is 17.5. The van der Waals surface area contributed by atoms with Crippen LogP contribution in [-0.4, -0.2) is 20.6 Å². The van der Waals surface area contributed by atoms with Gasteiger partial charge in [-0.3, -0.25) is 9.78 Å². The Kier molecular flexibility index (Phi) is 6.57. The number of benzene rings is 2. The molecule has 0 aliphatic carbocycles. The van der Waals surface area contributed by atoms with E-state index < -0.39 is 0 Å². The van der Waals surface area contributed by atoms with Crippen LogP contribution in [0.5, 0.6) is 0 Å². The highest BCUT2D eigenvalue weighted by atomic mass is 32.1. The van der Waals surface area contributed by atoms with Crippen molar-refractivity contribution in [2.24, 2.45) is 0 Å². The van der Waals surface area contributed by atoms with Gasteiger partial charge in [-0.2, -0.15) is 0 Å². The second-order valence-corrected chi connectivity index (χ2v) is 9.35. The standard InChI is InChI=1S/C29H29N5OS/c1-4-26(35)31-23-15-14-22(18-19(23)2)34-28(27(32-29(34)36)24-12-8-9-17-30-24)25-16-13-20(3)33(25)21-10-6-5-7-11-21/h5-18,27-28H,4H2,1-3H3,(H,31,35)(H,32,36)/t27-,28+/m1/s1. The maximum absolute atomic E-state index is 12.0. The zero-order valence-corrected chi connectivity index (χ0v) is 21.4. The predicted molar refractivity (Wildman–Crippen MR) is 149 cm³/mol. The molecule has 6 nitrogen and oxygen atoms in total. The third-order valence-electron chi connectivity index (χ3n) is 6.61. The van der Waals surface area contributed by atoms with E-state index in [9.17, 15) is 4.79 Å². The summed E-state index contributed by atoms with van der Waals surface area (Å²) in [5, 5.41) is 7.16. The number of nitrogens with one attached hydrogen (secondary N) is 2. The molecule has 1 aliphatic heterocycles. The summed E-state index contributed by atoms with van der Waals surface area (Å²) < 4.78 is 2.28. The number of carbonyl (C=O) groups excluding carboxylic acids is 1. The summed E-state index contributed by atoms with van der Waals surface area (Å²) in [5.74, 6) is -0.00605. The van der Waals surface area contributed by atoms with E-state index in [4.69, 9.17) is 12.2 Å². The van der Waals surface area contributed by atoms with E-state index in [1.165, 1.54) is 0 Å². The summed E-state index contributed by atoms with van der Waals surface area (Å²) in [6.07, 6.45) is 2.25. The largest absolute Gasteiger partial charge is 0.351 e. The zero-order valence-electron chi connectivity index (χ0n) is 20.6. The van der Waals surface area contributed by atoms with E-state index in [1.807, 2.05) is 56.4 Å². The van der Waals surface area contributed by atoms with Crippen LogP contribution in [0.25, 0.3) is 5.69 Å². The van der Waals surface area contributed by atoms with Gasteiger partial charge in [-0.1, -0.05) is 31.2 Å². The van der Waals surface area contributed by atoms with Crippen LogP contribution in [0.3, 0.4) is 0 Å². The lowest BCUT2D eigenvalue weighted by Crippen LogP contribution is -2.30. The molecule has 0 unspecified atom stereocenters. The molecule has 1 aliphatic rings. The van der Waals surface area contributed by atoms with Crippen molar-refractivity contribution in [3.05, 3.63) is 108 Å². The molecule has 1 saturated heterocycles. The molecule has 0 radical (unpaired) electrons. The first-order valence-electron chi connectivity index (χ1n) is 12.1. The van der Waals surface area contributed by atoms with Gasteiger partial charge in [-0.15, -0.1) is 0 Å². The van der Waals surface area contributed by atoms with E-state index in [-0.39, 0.29) is 18.0 Å². The number of para-hydroxylation sites is 1. The van der Waals surface area contributed by atoms with Crippen molar-refractivity contribution in [2.75, 3.05) is 10.2 Å². The number of nitrogens with zero attached hydrogens (tertiary/aromatic N) is 3. The number of rotatable bonds is 6. The molecule has 36 heavy (non-hydrogen) atoms. The fraction of sp³-hybridized carbons (Fsp3) is 0.207. The number of aryl methyl sites for hydroxylation is 2. The van der Waals surface area contributed by atoms with Crippen LogP contribution in [0.2, 0.25) is 0 Å². The molecule has 2 aromatic carbocycles. The van der Waals surface area contributed by atoms with Gasteiger partial charge in [-0.25, -0.2) is 0 Å². The normalized spacial score (nSPS) is 17.2. The number of pyridine rings is 1. The molecule has 0 spiro atoms. The Morgan fingerprint density at radius 1 is 1.00 bits per heavy atom. The molecule has 2 aromatic heterocycles. The Morgan fingerprint density at radius 2 is 1.78 bits per heavy atom. The summed E-state index contributed by atoms with van der Waals surface area (Å²) in [6.45, 7) is 5.97. The number of amides is 1. The van der Waals surface area contributed by atoms with Crippen molar-refractivity contribution in [3.63, 3.8) is 0 Å². The third-order valence-corrected chi connectivity index (χ3v) is 6.92. The summed E-state index contributed by atoms with van der Waals surface area (Å²) in [4.78, 5) is 18.8. The summed E-state index contributed by atoms with van der Waals surface area (Å²) >= 11 is 5.92. The van der Waals surface area contributed by atoms with Crippen LogP contribution in [0, 0.1) is 13.8 Å². The molecule has 2 atom stereocenters. The van der Waals surface area contributed by atoms with E-state index in [0.29, 0.717) is 11.5 Å². The highest BCUT2D eigenvalue weighted by Crippen LogP contribution is 2.43. The van der Waals surface area contributed by atoms with Gasteiger partial charge in [0.15, 0.2) is 5.11 Å². The highest BCUT2D eigenvalue weighted by molar-refractivity contribution is 7.80. The van der Waals surface area contributed by atoms with Gasteiger partial charge in [0.25, 0.3) is 0 Å². The molecule has 3 heterocycles. The lowest BCUT2D eigenvalue weighted by atomic mass is 10.00. The quantitative estimate of drug-likeness (QED) is 0.321. The smallest absolute Gasteiger partial charge is 0.224 e. The predicted octanol–water partition coefficient (Wildman–Crippen LogP) is 6.01. The second-order valence-electron chi connectivity index (χ2n) is 8.97. The lowest BCUT2D eigenvalue weighted by Gasteiger charge is -2.30. The number of carbonyl (C=O) groups is 1. The molecule has 4 aromatic rings. The van der Waals surface area contributed by atoms with Gasteiger partial charge in [0.2, 0.25) is 5.91 Å². The number of hydrogen-bond donors (Lipinski definition) is 2. The molecule has 182 valence electrons. The minimum absolute atomic E-state index is 0.00605. The van der Waals surface area contributed by atoms with E-state index in [2.05, 4.69) is 74.5 Å². The number of aromatic nitrogens is 2. The average molecular weight is 496 g/mol. The Bertz CT molecular complexity index is 1400. The van der Waals surface area contributed by atoms with Crippen LogP contribution in [0.1, 0.15) is 48.1 Å². The van der Waals surface area contributed by atoms with Crippen molar-refractivity contribution in [1.82, 2.24) is 14.9 Å². The molecular weight excluding hydrogens is 466 g/mol. The molecule has 0 bridgehead atoms. The van der Waals surface area contributed by atoms with Crippen LogP contribution in [0.15, 0.2) is 85.1 Å². The maximum atomic E-state index is 12.0. The van der Waals surface area contributed by atoms with Crippen LogP contribution in [-0.2, 0) is 4.79 Å². The number of hydrogen-bond acceptors (Lipinski definition) is 3. The van der Waals surface area contributed by atoms with Gasteiger partial charge >= 0.3 is 0 Å². The highest BCUT2D eigenvalue weighted by Gasteiger charge is 2.42. The molecule has 2 N–H and O–H groups in total. The topological polar surface area (TPSA) is 62.2 Å². The van der Waals surface area contributed by atoms with Crippen molar-refractivity contribution in [2.45, 2.75) is 39.3 Å². The third kappa shape index (κ3) is 4.38. The first-order valence-corrected chi connectivity index (χ1v) is 12.5. The minimum Gasteiger partial charge on any atom is -0.351 e. The maximum Gasteiger partial charge on any atom is 0.224 e. The van der Waals surface area contributed by atoms with Gasteiger partial charge < -0.3 is 20.1 Å². The molecule has 7 heteroatoms. The summed E-state index contributed by atoms with van der Waals surface area (Å²) in [6, 6.07) is 26.4. The monoisotopic (exact) mass is 495 g/mol. The zero-order chi connectivity index (χ0) is 25.2. The van der Waals surface area contributed by atoms with Crippen molar-refractivity contribution >= 4 is 34.6 Å². The summed E-state index contributed by atoms with van der Waals surface area (Å²) in [7, 11) is 0. The van der Waals surface area contributed by atoms with Crippen molar-refractivity contribution in [1.29, 1.82) is 0 Å². The average Bonchev–Trinajstić information content (AvgIpc) is 3.45. The number of thiocarbonyl (C=S) groups is 1. The Morgan fingerprint density at radius 3 is 2.47 bits per heavy atom. The molecule has 1 fully saturated rings. The van der Waals surface area contributed by atoms with Crippen LogP contribution < -0.4 is 15.5 Å². The van der Waals surface area contributed by atoms with Gasteiger partial charge in [0.05, 0.1) is 11.7 Å². The van der Waals surface area contributed by atoms with Crippen molar-refractivity contribution < 1.29 is 4.79 Å². The molecule has 5 rings (SSSR count). The Balaban J connectivity index is 1.64. The van der Waals surface area contributed by atoms with E-state index in [1.54, 1.807) is 0 Å². The SMILES string of the molecule is CCC(=O)Nc1ccc(N2C(=S)N[C@H](c3ccccn3)[C@@H]2c2ccc(C)n2-c2ccccc2)cc1C. The van der Waals surface area contributed by atoms with E-state index in [0.717, 1.165) is 39.7 Å². The van der Waals surface area contributed by atoms with Crippen LogP contribution >= 0.6 is 12.2 Å². The molecule has 1 amide bonds. The number of anilines is 2. The van der Waals surface area contributed by atoms with Crippen molar-refractivity contribution in [3.8, 4) is 5.69 Å². The van der Waals surface area contributed by atoms with Gasteiger partial charge in [0.1, 0.15) is 6.04 Å². The first kappa shape index (κ1) is 23.8. The summed E-state index contributed by atoms with van der Waals surface area (Å²) in [5.41, 5.74) is 7.03. The fourth-order valence-corrected chi connectivity index (χ4v) is 5.18. The van der Waals surface area contributed by atoms with Crippen LogP contribution in [0.4, 0.5) is 11.4 Å². The fourth-order valence-electron chi connectivity index (χ4n) is 4.83. The van der Waals surface area contributed by atoms with Gasteiger partial charge in [-0.05, 0) is 86.2 Å². The molecular formula is C29H29N5OS. The van der Waals surface area contributed by atoms with Gasteiger partial charge in [0, 0.05) is 41.1 Å². The second kappa shape index (κ2) is 9.95. The minimum atomic E-state index is -0.143. The Hall–Kier alpha value is -3.97. The van der Waals surface area contributed by atoms with E-state index >= 15 is 0 Å². The lowest BCUT2D eigenvalue weighted by molar-refractivity contribution is -0.115. The molecule has 0 saturated carbocycles.